The molecule has 0 amide bonds. The van der Waals surface area contributed by atoms with Gasteiger partial charge in [-0.25, -0.2) is 8.42 Å². The van der Waals surface area contributed by atoms with Crippen LogP contribution in [-0.2, 0) is 9.84 Å². The smallest absolute Gasteiger partial charge is 0.193 e. The Balaban J connectivity index is 0.00000529. The van der Waals surface area contributed by atoms with Crippen LogP contribution in [0.3, 0.4) is 0 Å². The third kappa shape index (κ3) is 8.14. The lowest BCUT2D eigenvalue weighted by atomic mass is 10.3. The van der Waals surface area contributed by atoms with E-state index in [9.17, 15) is 8.42 Å². The largest absolute Gasteiger partial charge is 0.356 e. The monoisotopic (exact) mass is 465 g/mol. The Kier molecular flexibility index (Phi) is 11.7. The van der Waals surface area contributed by atoms with E-state index in [2.05, 4.69) is 16.9 Å². The van der Waals surface area contributed by atoms with Crippen molar-refractivity contribution in [2.24, 2.45) is 4.99 Å². The zero-order valence-corrected chi connectivity index (χ0v) is 17.6. The first-order chi connectivity index (χ1) is 11.0. The highest BCUT2D eigenvalue weighted by molar-refractivity contribution is 14.0. The summed E-state index contributed by atoms with van der Waals surface area (Å²) < 4.78 is 24.4. The Bertz CT molecular complexity index is 604. The number of halogens is 1. The van der Waals surface area contributed by atoms with Gasteiger partial charge in [0.15, 0.2) is 15.8 Å². The minimum Gasteiger partial charge on any atom is -0.356 e. The van der Waals surface area contributed by atoms with Crippen LogP contribution >= 0.6 is 24.0 Å². The summed E-state index contributed by atoms with van der Waals surface area (Å²) in [4.78, 5) is 6.63. The number of unbranched alkanes of at least 4 members (excludes halogenated alkanes) is 1. The van der Waals surface area contributed by atoms with Gasteiger partial charge < -0.3 is 10.2 Å². The fourth-order valence-corrected chi connectivity index (χ4v) is 3.50. The molecule has 0 aliphatic heterocycles. The predicted octanol–water partition coefficient (Wildman–Crippen LogP) is 2.94. The summed E-state index contributed by atoms with van der Waals surface area (Å²) in [5.74, 6) is 0.910. The van der Waals surface area contributed by atoms with Crippen LogP contribution in [-0.4, -0.2) is 52.2 Å². The van der Waals surface area contributed by atoms with Crippen molar-refractivity contribution in [2.75, 3.05) is 32.9 Å². The molecule has 0 bridgehead atoms. The number of guanidine groups is 1. The van der Waals surface area contributed by atoms with E-state index < -0.39 is 9.84 Å². The summed E-state index contributed by atoms with van der Waals surface area (Å²) in [6.07, 6.45) is 4.43. The molecule has 0 saturated carbocycles. The summed E-state index contributed by atoms with van der Waals surface area (Å²) >= 11 is 0. The summed E-state index contributed by atoms with van der Waals surface area (Å²) in [6.45, 7) is 5.17. The maximum absolute atomic E-state index is 12.2. The number of hydrogen-bond acceptors (Lipinski definition) is 3. The number of sulfone groups is 1. The first kappa shape index (κ1) is 22.9. The van der Waals surface area contributed by atoms with Gasteiger partial charge in [-0.15, -0.1) is 30.6 Å². The number of aliphatic imine (C=N–C) groups is 1. The average Bonchev–Trinajstić information content (AvgIpc) is 2.56. The Morgan fingerprint density at radius 3 is 2.54 bits per heavy atom. The van der Waals surface area contributed by atoms with Crippen LogP contribution in [0.2, 0.25) is 0 Å². The van der Waals surface area contributed by atoms with Gasteiger partial charge in [-0.1, -0.05) is 24.3 Å². The molecule has 0 aliphatic carbocycles. The van der Waals surface area contributed by atoms with E-state index in [1.54, 1.807) is 31.3 Å². The molecule has 1 rings (SSSR count). The molecule has 7 heteroatoms. The lowest BCUT2D eigenvalue weighted by molar-refractivity contribution is 0.470. The third-order valence-corrected chi connectivity index (χ3v) is 5.27. The van der Waals surface area contributed by atoms with Gasteiger partial charge in [0, 0.05) is 27.2 Å². The maximum atomic E-state index is 12.2. The molecular weight excluding hydrogens is 437 g/mol. The van der Waals surface area contributed by atoms with Crippen molar-refractivity contribution in [3.8, 4) is 0 Å². The predicted molar refractivity (Wildman–Crippen MR) is 112 cm³/mol. The molecule has 0 unspecified atom stereocenters. The highest BCUT2D eigenvalue weighted by Gasteiger charge is 2.13. The average molecular weight is 465 g/mol. The van der Waals surface area contributed by atoms with Crippen LogP contribution < -0.4 is 5.32 Å². The number of hydrogen-bond donors (Lipinski definition) is 1. The minimum atomic E-state index is -3.21. The SMILES string of the molecule is C=CCCCN(C)C(=NC)NCCCS(=O)(=O)c1ccccc1.I. The first-order valence-electron chi connectivity index (χ1n) is 7.81. The number of nitrogens with one attached hydrogen (secondary N) is 1. The molecule has 24 heavy (non-hydrogen) atoms. The highest BCUT2D eigenvalue weighted by Crippen LogP contribution is 2.10. The van der Waals surface area contributed by atoms with Crippen molar-refractivity contribution < 1.29 is 8.42 Å². The van der Waals surface area contributed by atoms with E-state index in [-0.39, 0.29) is 29.7 Å². The van der Waals surface area contributed by atoms with Gasteiger partial charge in [-0.2, -0.15) is 0 Å². The zero-order chi connectivity index (χ0) is 17.1. The molecule has 5 nitrogen and oxygen atoms in total. The number of benzene rings is 1. The summed E-state index contributed by atoms with van der Waals surface area (Å²) in [6, 6.07) is 8.56. The molecule has 1 aromatic rings. The van der Waals surface area contributed by atoms with E-state index >= 15 is 0 Å². The standard InChI is InChI=1S/C17H27N3O2S.HI/c1-4-5-9-14-20(3)17(18-2)19-13-10-15-23(21,22)16-11-7-6-8-12-16;/h4,6-8,11-12H,1,5,9-10,13-15H2,2-3H3,(H,18,19);1H. The molecule has 0 radical (unpaired) electrons. The lowest BCUT2D eigenvalue weighted by Gasteiger charge is -2.21. The molecule has 0 fully saturated rings. The van der Waals surface area contributed by atoms with Crippen molar-refractivity contribution >= 4 is 39.8 Å². The Morgan fingerprint density at radius 2 is 1.96 bits per heavy atom. The molecule has 0 aliphatic rings. The topological polar surface area (TPSA) is 61.8 Å². The van der Waals surface area contributed by atoms with Crippen molar-refractivity contribution in [1.29, 1.82) is 0 Å². The van der Waals surface area contributed by atoms with Crippen LogP contribution in [0, 0.1) is 0 Å². The van der Waals surface area contributed by atoms with E-state index in [0.29, 0.717) is 17.9 Å². The van der Waals surface area contributed by atoms with Crippen LogP contribution in [0.5, 0.6) is 0 Å². The number of nitrogens with zero attached hydrogens (tertiary/aromatic N) is 2. The molecule has 1 aromatic carbocycles. The van der Waals surface area contributed by atoms with E-state index in [0.717, 1.165) is 25.3 Å². The van der Waals surface area contributed by atoms with Gasteiger partial charge in [0.05, 0.1) is 10.6 Å². The lowest BCUT2D eigenvalue weighted by Crippen LogP contribution is -2.40. The molecular formula is C17H28IN3O2S. The van der Waals surface area contributed by atoms with Crippen LogP contribution in [0.25, 0.3) is 0 Å². The van der Waals surface area contributed by atoms with Crippen LogP contribution in [0.1, 0.15) is 19.3 Å². The van der Waals surface area contributed by atoms with Gasteiger partial charge in [-0.3, -0.25) is 4.99 Å². The van der Waals surface area contributed by atoms with Gasteiger partial charge in [0.2, 0.25) is 0 Å². The van der Waals surface area contributed by atoms with Crippen molar-refractivity contribution in [1.82, 2.24) is 10.2 Å². The van der Waals surface area contributed by atoms with Crippen LogP contribution in [0.15, 0.2) is 52.9 Å². The molecule has 0 atom stereocenters. The van der Waals surface area contributed by atoms with Crippen LogP contribution in [0.4, 0.5) is 0 Å². The van der Waals surface area contributed by atoms with E-state index in [1.165, 1.54) is 0 Å². The Morgan fingerprint density at radius 1 is 1.29 bits per heavy atom. The van der Waals surface area contributed by atoms with E-state index in [4.69, 9.17) is 0 Å². The third-order valence-electron chi connectivity index (χ3n) is 3.45. The second-order valence-electron chi connectivity index (χ2n) is 5.31. The Hall–Kier alpha value is -1.09. The van der Waals surface area contributed by atoms with Gasteiger partial charge in [-0.05, 0) is 31.4 Å². The quantitative estimate of drug-likeness (QED) is 0.200. The molecule has 136 valence electrons. The highest BCUT2D eigenvalue weighted by atomic mass is 127. The number of rotatable bonds is 9. The summed E-state index contributed by atoms with van der Waals surface area (Å²) in [5.41, 5.74) is 0. The normalized spacial score (nSPS) is 11.5. The number of allylic oxidation sites excluding steroid dienone is 1. The van der Waals surface area contributed by atoms with E-state index in [1.807, 2.05) is 24.1 Å². The van der Waals surface area contributed by atoms with Crippen molar-refractivity contribution in [2.45, 2.75) is 24.2 Å². The molecule has 0 spiro atoms. The molecule has 0 saturated heterocycles. The first-order valence-corrected chi connectivity index (χ1v) is 9.47. The second kappa shape index (κ2) is 12.3. The summed E-state index contributed by atoms with van der Waals surface area (Å²) in [7, 11) is 0.493. The van der Waals surface area contributed by atoms with Crippen molar-refractivity contribution in [3.63, 3.8) is 0 Å². The Labute approximate surface area is 163 Å². The maximum Gasteiger partial charge on any atom is 0.193 e. The second-order valence-corrected chi connectivity index (χ2v) is 7.42. The van der Waals surface area contributed by atoms with Gasteiger partial charge >= 0.3 is 0 Å². The minimum absolute atomic E-state index is 0. The molecule has 0 aromatic heterocycles. The van der Waals surface area contributed by atoms with Gasteiger partial charge in [0.1, 0.15) is 0 Å². The zero-order valence-electron chi connectivity index (χ0n) is 14.4. The fourth-order valence-electron chi connectivity index (χ4n) is 2.17. The fraction of sp³-hybridized carbons (Fsp3) is 0.471. The molecule has 1 N–H and O–H groups in total. The van der Waals surface area contributed by atoms with Gasteiger partial charge in [0.25, 0.3) is 0 Å². The van der Waals surface area contributed by atoms with Crippen molar-refractivity contribution in [3.05, 3.63) is 43.0 Å². The summed E-state index contributed by atoms with van der Waals surface area (Å²) in [5, 5.41) is 3.21. The molecule has 0 heterocycles.